The number of alkyl halides is 33. The van der Waals surface area contributed by atoms with Crippen LogP contribution in [0, 0.1) is 0 Å². The molecule has 0 aliphatic heterocycles. The summed E-state index contributed by atoms with van der Waals surface area (Å²) < 4.78 is -55.8. The van der Waals surface area contributed by atoms with Crippen LogP contribution in [0.25, 0.3) is 0 Å². The third-order valence-electron chi connectivity index (χ3n) is 6.15. The van der Waals surface area contributed by atoms with Crippen LogP contribution in [0.15, 0.2) is 0 Å². The molecule has 0 heterocycles. The number of hydrogen-bond donors (Lipinski definition) is 1. The molecule has 0 bridgehead atoms. The highest BCUT2D eigenvalue weighted by atomic mass is 35.6. The second-order valence-electron chi connectivity index (χ2n) is 9.42. The van der Waals surface area contributed by atoms with Gasteiger partial charge in [-0.25, -0.2) is 4.79 Å². The summed E-state index contributed by atoms with van der Waals surface area (Å²) in [4.78, 5) is 11.8. The number of aliphatic carboxylic acids is 1. The molecule has 0 rings (SSSR count). The van der Waals surface area contributed by atoms with Crippen molar-refractivity contribution in [3.05, 3.63) is 0 Å². The van der Waals surface area contributed by atoms with E-state index in [9.17, 15) is 9.90 Å². The maximum Gasteiger partial charge on any atom is 0.343 e. The molecule has 2 nitrogen and oxygen atoms in total. The van der Waals surface area contributed by atoms with Crippen LogP contribution in [0.2, 0.25) is 0 Å². The lowest BCUT2D eigenvalue weighted by Gasteiger charge is -2.58. The van der Waals surface area contributed by atoms with Crippen molar-refractivity contribution in [2.75, 3.05) is 0 Å². The number of carbonyl (C=O) groups is 1. The highest BCUT2D eigenvalue weighted by molar-refractivity contribution is 6.86. The molecule has 0 aliphatic carbocycles. The quantitative estimate of drug-likeness (QED) is 0.166. The molecule has 0 saturated heterocycles. The maximum atomic E-state index is 11.8. The van der Waals surface area contributed by atoms with Crippen LogP contribution >= 0.6 is 383 Å². The Morgan fingerprint density at radius 1 is 0.231 bits per heavy atom. The summed E-state index contributed by atoms with van der Waals surface area (Å²) in [6.07, 6.45) is 0. The average molecular weight is 1410 g/mol. The van der Waals surface area contributed by atoms with E-state index in [1.807, 2.05) is 0 Å². The first-order valence-corrected chi connectivity index (χ1v) is 23.1. The number of rotatable bonds is 15. The Morgan fingerprint density at radius 2 is 0.346 bits per heavy atom. The summed E-state index contributed by atoms with van der Waals surface area (Å²) in [5, 5.41) is 9.48. The van der Waals surface area contributed by atoms with E-state index in [1.54, 1.807) is 0 Å². The second-order valence-corrected chi connectivity index (χ2v) is 31.6. The van der Waals surface area contributed by atoms with Crippen molar-refractivity contribution in [3.8, 4) is 0 Å². The number of carboxylic acids is 1. The maximum absolute atomic E-state index is 11.8. The Morgan fingerprint density at radius 3 is 0.462 bits per heavy atom. The number of hydrogen-bond acceptors (Lipinski definition) is 1. The minimum atomic E-state index is -3.69. The van der Waals surface area contributed by atoms with Gasteiger partial charge in [0.25, 0.3) is 0 Å². The van der Waals surface area contributed by atoms with E-state index in [0.29, 0.717) is 0 Å². The van der Waals surface area contributed by atoms with Crippen LogP contribution < -0.4 is 0 Å². The standard InChI is InChI=1S/C17HCl33O2/c18-2(19,1(51)52)3(20,21)4(22,23)5(24,25)6(26,27)7(28,29)8(30,31)9(32,33)10(34,35)11(36,37)12(38,39)13(40,41)14(42,43)15(44,45)16(46,47)17(48,49)50/h(H,51,52). The minimum absolute atomic E-state index is 2.18. The molecule has 0 atom stereocenters. The molecule has 0 unspecified atom stereocenters. The van der Waals surface area contributed by atoms with E-state index in [1.165, 1.54) is 0 Å². The highest BCUT2D eigenvalue weighted by Gasteiger charge is 2.87. The van der Waals surface area contributed by atoms with Crippen molar-refractivity contribution in [2.24, 2.45) is 0 Å². The molecule has 0 spiro atoms. The van der Waals surface area contributed by atoms with E-state index in [0.717, 1.165) is 0 Å². The Kier molecular flexibility index (Phi) is 21.0. The Labute approximate surface area is 460 Å². The Balaban J connectivity index is 7.76. The fraction of sp³-hybridized carbons (Fsp3) is 0.941. The SMILES string of the molecule is O=C(O)C(Cl)(Cl)C(Cl)(Cl)C(Cl)(Cl)C(Cl)(Cl)C(Cl)(Cl)C(Cl)(Cl)C(Cl)(Cl)C(Cl)(Cl)C(Cl)(Cl)C(Cl)(Cl)C(Cl)(Cl)C(Cl)(Cl)C(Cl)(Cl)C(Cl)(Cl)C(Cl)(Cl)C(Cl)(Cl)Cl. The van der Waals surface area contributed by atoms with Crippen molar-refractivity contribution in [3.63, 3.8) is 0 Å². The van der Waals surface area contributed by atoms with Gasteiger partial charge in [-0.05, 0) is 0 Å². The first kappa shape index (κ1) is 61.0. The second kappa shape index (κ2) is 17.9. The van der Waals surface area contributed by atoms with Crippen molar-refractivity contribution in [1.82, 2.24) is 0 Å². The molecule has 0 amide bonds. The predicted molar refractivity (Wildman–Crippen MR) is 244 cm³/mol. The number of halogens is 33. The largest absolute Gasteiger partial charge is 0.479 e. The third kappa shape index (κ3) is 8.83. The van der Waals surface area contributed by atoms with Crippen LogP contribution in [0.4, 0.5) is 0 Å². The van der Waals surface area contributed by atoms with E-state index in [-0.39, 0.29) is 0 Å². The Bertz CT molecular complexity index is 1350. The monoisotopic (exact) mass is 1390 g/mol. The molecule has 0 saturated carbocycles. The zero-order valence-electron chi connectivity index (χ0n) is 21.8. The summed E-state index contributed by atoms with van der Waals surface area (Å²) in [6, 6.07) is 0. The van der Waals surface area contributed by atoms with Gasteiger partial charge in [-0.3, -0.25) is 0 Å². The fourth-order valence-corrected chi connectivity index (χ4v) is 13.9. The Hall–Kier alpha value is 9.04. The van der Waals surface area contributed by atoms with Crippen molar-refractivity contribution >= 4 is 389 Å². The van der Waals surface area contributed by atoms with Crippen LogP contribution in [-0.2, 0) is 4.79 Å². The molecular formula is C17HCl33O2. The van der Waals surface area contributed by atoms with Crippen LogP contribution in [0.3, 0.4) is 0 Å². The summed E-state index contributed by atoms with van der Waals surface area (Å²) in [5.74, 6) is -2.18. The van der Waals surface area contributed by atoms with Gasteiger partial charge < -0.3 is 5.11 Å². The molecular weight excluding hydrogens is 1410 g/mol. The van der Waals surface area contributed by atoms with Crippen LogP contribution in [-0.4, -0.2) is 79.9 Å². The first-order chi connectivity index (χ1) is 21.7. The van der Waals surface area contributed by atoms with Crippen LogP contribution in [0.5, 0.6) is 0 Å². The van der Waals surface area contributed by atoms with Gasteiger partial charge in [0.2, 0.25) is 12.5 Å². The van der Waals surface area contributed by atoms with Crippen molar-refractivity contribution in [1.29, 1.82) is 0 Å². The average Bonchev–Trinajstić information content (AvgIpc) is 2.90. The van der Waals surface area contributed by atoms with Gasteiger partial charge in [-0.2, -0.15) is 0 Å². The molecule has 35 heteroatoms. The third-order valence-corrected chi connectivity index (χ3v) is 29.8. The van der Waals surface area contributed by atoms with Crippen LogP contribution in [0.1, 0.15) is 0 Å². The van der Waals surface area contributed by atoms with Gasteiger partial charge in [-0.1, -0.05) is 383 Å². The van der Waals surface area contributed by atoms with Gasteiger partial charge in [0.1, 0.15) is 0 Å². The van der Waals surface area contributed by atoms with Gasteiger partial charge in [0.15, 0.2) is 56.3 Å². The number of carboxylic acid groups (broad SMARTS) is 1. The fourth-order valence-electron chi connectivity index (χ4n) is 2.88. The molecule has 0 radical (unpaired) electrons. The topological polar surface area (TPSA) is 37.3 Å². The smallest absolute Gasteiger partial charge is 0.343 e. The van der Waals surface area contributed by atoms with E-state index in [4.69, 9.17) is 383 Å². The molecule has 0 fully saturated rings. The predicted octanol–water partition coefficient (Wildman–Crippen LogP) is 19.0. The summed E-state index contributed by atoms with van der Waals surface area (Å²) >= 11 is 207. The zero-order valence-corrected chi connectivity index (χ0v) is 46.8. The summed E-state index contributed by atoms with van der Waals surface area (Å²) in [7, 11) is 0. The minimum Gasteiger partial charge on any atom is -0.479 e. The van der Waals surface area contributed by atoms with E-state index >= 15 is 0 Å². The molecule has 1 N–H and O–H groups in total. The summed E-state index contributed by atoms with van der Waals surface area (Å²) in [6.45, 7) is 0. The molecule has 312 valence electrons. The van der Waals surface area contributed by atoms with E-state index in [2.05, 4.69) is 0 Å². The molecule has 0 aliphatic rings. The summed E-state index contributed by atoms with van der Waals surface area (Å²) in [5.41, 5.74) is 0. The lowest BCUT2D eigenvalue weighted by atomic mass is 9.96. The molecule has 0 aromatic rings. The highest BCUT2D eigenvalue weighted by Crippen LogP contribution is 2.78. The molecule has 0 aromatic heterocycles. The normalized spacial score (nSPS) is 17.1. The van der Waals surface area contributed by atoms with E-state index < -0.39 is 74.8 Å². The molecule has 0 aromatic carbocycles. The van der Waals surface area contributed by atoms with Gasteiger partial charge in [0, 0.05) is 0 Å². The first-order valence-electron chi connectivity index (χ1n) is 10.7. The van der Waals surface area contributed by atoms with Gasteiger partial charge in [-0.15, -0.1) is 0 Å². The lowest BCUT2D eigenvalue weighted by molar-refractivity contribution is -0.138. The molecule has 52 heavy (non-hydrogen) atoms. The lowest BCUT2D eigenvalue weighted by Crippen LogP contribution is -2.76. The zero-order chi connectivity index (χ0) is 43.6. The van der Waals surface area contributed by atoms with Gasteiger partial charge >= 0.3 is 5.97 Å². The van der Waals surface area contributed by atoms with Gasteiger partial charge in [0.05, 0.1) is 0 Å². The van der Waals surface area contributed by atoms with Crippen molar-refractivity contribution in [2.45, 2.75) is 68.8 Å². The van der Waals surface area contributed by atoms with Crippen molar-refractivity contribution < 1.29 is 9.90 Å².